The molecule has 2 heteroatoms. The number of anilines is 3. The molecule has 12 aromatic rings. The second kappa shape index (κ2) is 14.8. The molecule has 1 heterocycles. The zero-order valence-corrected chi connectivity index (χ0v) is 33.3. The van der Waals surface area contributed by atoms with Gasteiger partial charge in [-0.25, -0.2) is 0 Å². The molecule has 12 rings (SSSR count). The van der Waals surface area contributed by atoms with Crippen molar-refractivity contribution in [2.75, 3.05) is 4.90 Å². The number of hydrogen-bond acceptors (Lipinski definition) is 2. The molecule has 62 heavy (non-hydrogen) atoms. The van der Waals surface area contributed by atoms with E-state index >= 15 is 0 Å². The third kappa shape index (κ3) is 6.12. The first-order valence-electron chi connectivity index (χ1n) is 24.6. The third-order valence-corrected chi connectivity index (χ3v) is 11.8. The van der Waals surface area contributed by atoms with Crippen LogP contribution in [0.15, 0.2) is 241 Å². The fraction of sp³-hybridized carbons (Fsp3) is 0. The average Bonchev–Trinajstić information content (AvgIpc) is 3.76. The van der Waals surface area contributed by atoms with Gasteiger partial charge in [-0.3, -0.25) is 0 Å². The van der Waals surface area contributed by atoms with Crippen LogP contribution in [0.5, 0.6) is 0 Å². The number of nitrogens with zero attached hydrogens (tertiary/aromatic N) is 1. The lowest BCUT2D eigenvalue weighted by molar-refractivity contribution is 0.669. The molecule has 0 aliphatic carbocycles. The van der Waals surface area contributed by atoms with Crippen LogP contribution in [0.3, 0.4) is 0 Å². The van der Waals surface area contributed by atoms with Gasteiger partial charge in [-0.15, -0.1) is 0 Å². The molecular formula is C60H39NO. The van der Waals surface area contributed by atoms with Crippen LogP contribution in [-0.2, 0) is 0 Å². The molecule has 0 bridgehead atoms. The van der Waals surface area contributed by atoms with Crippen molar-refractivity contribution in [3.63, 3.8) is 0 Å². The van der Waals surface area contributed by atoms with Gasteiger partial charge >= 0.3 is 0 Å². The van der Waals surface area contributed by atoms with E-state index in [1.54, 1.807) is 18.2 Å². The van der Waals surface area contributed by atoms with Crippen LogP contribution >= 0.6 is 0 Å². The maximum Gasteiger partial charge on any atom is 0.136 e. The van der Waals surface area contributed by atoms with Gasteiger partial charge < -0.3 is 9.32 Å². The van der Waals surface area contributed by atoms with E-state index in [4.69, 9.17) is 4.42 Å². The smallest absolute Gasteiger partial charge is 0.136 e. The Bertz CT molecular complexity index is 4060. The topological polar surface area (TPSA) is 16.4 Å². The molecule has 0 amide bonds. The van der Waals surface area contributed by atoms with Crippen molar-refractivity contribution >= 4 is 71.3 Å². The first-order valence-corrected chi connectivity index (χ1v) is 20.6. The Hall–Kier alpha value is -8.20. The Morgan fingerprint density at radius 2 is 0.806 bits per heavy atom. The molecule has 0 spiro atoms. The van der Waals surface area contributed by atoms with E-state index in [-0.39, 0.29) is 46.7 Å². The van der Waals surface area contributed by atoms with E-state index < -0.39 is 24.2 Å². The number of para-hydroxylation sites is 1. The van der Waals surface area contributed by atoms with E-state index in [0.717, 1.165) is 54.2 Å². The molecule has 0 unspecified atom stereocenters. The van der Waals surface area contributed by atoms with Gasteiger partial charge in [-0.2, -0.15) is 0 Å². The first kappa shape index (κ1) is 28.3. The number of hydrogen-bond donors (Lipinski definition) is 0. The minimum absolute atomic E-state index is 0.0872. The van der Waals surface area contributed by atoms with Crippen molar-refractivity contribution in [3.05, 3.63) is 236 Å². The molecule has 0 aliphatic rings. The first-order chi connectivity index (χ1) is 34.1. The van der Waals surface area contributed by atoms with Crippen molar-refractivity contribution in [3.8, 4) is 44.5 Å². The highest BCUT2D eigenvalue weighted by molar-refractivity contribution is 6.16. The number of rotatable bonds is 7. The Morgan fingerprint density at radius 1 is 0.323 bits per heavy atom. The predicted molar refractivity (Wildman–Crippen MR) is 263 cm³/mol. The molecule has 11 aromatic carbocycles. The molecular weight excluding hydrogens is 751 g/mol. The average molecular weight is 798 g/mol. The summed E-state index contributed by atoms with van der Waals surface area (Å²) in [5, 5.41) is 7.49. The van der Waals surface area contributed by atoms with Gasteiger partial charge in [0.05, 0.1) is 16.7 Å². The zero-order chi connectivity index (χ0) is 47.9. The van der Waals surface area contributed by atoms with Crippen molar-refractivity contribution in [2.24, 2.45) is 0 Å². The molecule has 0 aliphatic heterocycles. The normalized spacial score (nSPS) is 13.4. The van der Waals surface area contributed by atoms with Gasteiger partial charge in [0, 0.05) is 27.7 Å². The molecule has 0 saturated carbocycles. The molecule has 1 aromatic heterocycles. The predicted octanol–water partition coefficient (Wildman–Crippen LogP) is 17.2. The lowest BCUT2D eigenvalue weighted by Crippen LogP contribution is -2.11. The Labute approximate surface area is 371 Å². The quantitative estimate of drug-likeness (QED) is 0.160. The van der Waals surface area contributed by atoms with Crippen LogP contribution in [0.1, 0.15) is 11.0 Å². The summed E-state index contributed by atoms with van der Waals surface area (Å²) in [6, 6.07) is 57.0. The number of benzene rings is 11. The number of fused-ring (bicyclic) bond motifs is 6. The van der Waals surface area contributed by atoms with Crippen LogP contribution < -0.4 is 4.90 Å². The summed E-state index contributed by atoms with van der Waals surface area (Å²) in [6.45, 7) is 0. The highest BCUT2D eigenvalue weighted by Crippen LogP contribution is 2.46. The van der Waals surface area contributed by atoms with Crippen molar-refractivity contribution < 1.29 is 15.4 Å². The Kier molecular flexibility index (Phi) is 6.76. The fourth-order valence-electron chi connectivity index (χ4n) is 8.84. The van der Waals surface area contributed by atoms with Crippen LogP contribution in [0.4, 0.5) is 17.1 Å². The minimum atomic E-state index is -0.419. The van der Waals surface area contributed by atoms with E-state index in [0.29, 0.717) is 39.1 Å². The van der Waals surface area contributed by atoms with Crippen molar-refractivity contribution in [2.45, 2.75) is 0 Å². The van der Waals surface area contributed by atoms with Crippen LogP contribution in [-0.4, -0.2) is 0 Å². The van der Waals surface area contributed by atoms with Crippen LogP contribution in [0.25, 0.3) is 98.8 Å². The summed E-state index contributed by atoms with van der Waals surface area (Å²) < 4.78 is 84.4. The molecule has 2 nitrogen and oxygen atoms in total. The second-order valence-electron chi connectivity index (χ2n) is 15.4. The monoisotopic (exact) mass is 797 g/mol. The third-order valence-electron chi connectivity index (χ3n) is 11.8. The standard InChI is InChI=1S/C60H39NO/c1-2-15-47-39-59-56(38-46(47)14-1)60-55(23-11-25-58(60)62-59)54-20-7-8-24-57(54)61(49-36-32-45(33-37-49)53-22-10-17-43-13-4-6-19-51(43)53)48-34-30-41(31-35-48)40-26-28-44(29-27-40)52-21-9-16-42-12-3-5-18-50(42)52/h1-39H/i30D,31D,32D,33D,34D,35D,36D,37D. The van der Waals surface area contributed by atoms with Crippen molar-refractivity contribution in [1.82, 2.24) is 0 Å². The van der Waals surface area contributed by atoms with Gasteiger partial charge in [-0.1, -0.05) is 188 Å². The summed E-state index contributed by atoms with van der Waals surface area (Å²) >= 11 is 0. The van der Waals surface area contributed by atoms with E-state index in [9.17, 15) is 11.0 Å². The highest BCUT2D eigenvalue weighted by Gasteiger charge is 2.21. The number of furan rings is 1. The van der Waals surface area contributed by atoms with Gasteiger partial charge in [-0.05, 0) is 120 Å². The zero-order valence-electron chi connectivity index (χ0n) is 41.3. The highest BCUT2D eigenvalue weighted by atomic mass is 16.3. The molecule has 0 N–H and O–H groups in total. The minimum Gasteiger partial charge on any atom is -0.456 e. The maximum absolute atomic E-state index is 9.84. The van der Waals surface area contributed by atoms with Gasteiger partial charge in [0.1, 0.15) is 11.2 Å². The second-order valence-corrected chi connectivity index (χ2v) is 15.4. The summed E-state index contributed by atoms with van der Waals surface area (Å²) in [4.78, 5) is 1.40. The molecule has 0 fully saturated rings. The van der Waals surface area contributed by atoms with E-state index in [2.05, 4.69) is 24.3 Å². The molecule has 0 radical (unpaired) electrons. The molecule has 0 atom stereocenters. The summed E-state index contributed by atoms with van der Waals surface area (Å²) in [5.41, 5.74) is 5.60. The van der Waals surface area contributed by atoms with Crippen molar-refractivity contribution in [1.29, 1.82) is 0 Å². The molecule has 0 saturated heterocycles. The van der Waals surface area contributed by atoms with Gasteiger partial charge in [0.25, 0.3) is 0 Å². The molecule has 290 valence electrons. The summed E-state index contributed by atoms with van der Waals surface area (Å²) in [5.74, 6) is 0. The van der Waals surface area contributed by atoms with Gasteiger partial charge in [0.15, 0.2) is 0 Å². The summed E-state index contributed by atoms with van der Waals surface area (Å²) in [6.07, 6.45) is 0. The lowest BCUT2D eigenvalue weighted by Gasteiger charge is -2.28. The van der Waals surface area contributed by atoms with E-state index in [1.165, 1.54) is 4.90 Å². The Balaban J connectivity index is 1.10. The van der Waals surface area contributed by atoms with Crippen LogP contribution in [0, 0.1) is 0 Å². The summed E-state index contributed by atoms with van der Waals surface area (Å²) in [7, 11) is 0. The largest absolute Gasteiger partial charge is 0.456 e. The maximum atomic E-state index is 9.84. The SMILES string of the molecule is [2H]c1c([2H])c(N(c2ccccc2-c2cccc3oc4cc5ccccc5cc4c23)c2c([2H])c([2H])c(-c3cccc4ccccc34)c([2H])c2[2H])c([2H])c([2H])c1-c1ccc(-c2cccc3ccccc23)cc1. The fourth-order valence-corrected chi connectivity index (χ4v) is 8.84. The lowest BCUT2D eigenvalue weighted by atomic mass is 9.95. The van der Waals surface area contributed by atoms with Gasteiger partial charge in [0.2, 0.25) is 0 Å². The Morgan fingerprint density at radius 3 is 1.48 bits per heavy atom. The van der Waals surface area contributed by atoms with Crippen LogP contribution in [0.2, 0.25) is 0 Å². The van der Waals surface area contributed by atoms with E-state index in [1.807, 2.05) is 146 Å².